The molecule has 1 saturated heterocycles. The van der Waals surface area contributed by atoms with Crippen LogP contribution in [0.4, 0.5) is 0 Å². The highest BCUT2D eigenvalue weighted by Gasteiger charge is 2.40. The number of carboxylic acid groups (broad SMARTS) is 1. The monoisotopic (exact) mass is 366 g/mol. The highest BCUT2D eigenvalue weighted by molar-refractivity contribution is 9.10. The number of H-pyrrole nitrogens is 1. The molecule has 0 saturated carbocycles. The summed E-state index contributed by atoms with van der Waals surface area (Å²) in [5, 5.41) is 10.2. The largest absolute Gasteiger partial charge is 0.480 e. The molecule has 1 fully saturated rings. The van der Waals surface area contributed by atoms with E-state index in [0.717, 1.165) is 15.4 Å². The van der Waals surface area contributed by atoms with Gasteiger partial charge in [0.1, 0.15) is 11.7 Å². The van der Waals surface area contributed by atoms with Crippen molar-refractivity contribution >= 4 is 38.7 Å². The average molecular weight is 367 g/mol. The molecule has 1 aliphatic heterocycles. The maximum Gasteiger partial charge on any atom is 0.326 e. The van der Waals surface area contributed by atoms with Gasteiger partial charge in [-0.2, -0.15) is 0 Å². The number of carboxylic acids is 1. The molecular formula is C15H15BrN2O4. The van der Waals surface area contributed by atoms with E-state index in [2.05, 4.69) is 20.9 Å². The number of aliphatic carboxylic acids is 1. The van der Waals surface area contributed by atoms with Gasteiger partial charge in [0.05, 0.1) is 6.10 Å². The normalized spacial score (nSPS) is 21.5. The van der Waals surface area contributed by atoms with Gasteiger partial charge in [-0.25, -0.2) is 4.79 Å². The van der Waals surface area contributed by atoms with Crippen molar-refractivity contribution in [1.29, 1.82) is 0 Å². The molecule has 1 amide bonds. The van der Waals surface area contributed by atoms with Crippen molar-refractivity contribution in [3.05, 3.63) is 34.4 Å². The number of nitrogens with zero attached hydrogens (tertiary/aromatic N) is 1. The van der Waals surface area contributed by atoms with E-state index >= 15 is 0 Å². The summed E-state index contributed by atoms with van der Waals surface area (Å²) >= 11 is 3.38. The summed E-state index contributed by atoms with van der Waals surface area (Å²) in [6.45, 7) is 0.283. The number of carbonyl (C=O) groups is 2. The third kappa shape index (κ3) is 2.62. The van der Waals surface area contributed by atoms with E-state index in [9.17, 15) is 14.7 Å². The standard InChI is InChI=1S/C15H15BrN2O4/c1-22-10-6-13(15(20)21)18(7-10)14(19)12-4-8-2-3-9(16)5-11(8)17-12/h2-5,10,13,17H,6-7H2,1H3,(H,20,21). The van der Waals surface area contributed by atoms with Crippen molar-refractivity contribution in [3.8, 4) is 0 Å². The fraction of sp³-hybridized carbons (Fsp3) is 0.333. The first kappa shape index (κ1) is 15.1. The highest BCUT2D eigenvalue weighted by Crippen LogP contribution is 2.25. The second-order valence-corrected chi connectivity index (χ2v) is 6.24. The number of hydrogen-bond donors (Lipinski definition) is 2. The lowest BCUT2D eigenvalue weighted by Gasteiger charge is -2.20. The molecule has 6 nitrogen and oxygen atoms in total. The Bertz CT molecular complexity index is 742. The van der Waals surface area contributed by atoms with Crippen molar-refractivity contribution in [2.24, 2.45) is 0 Å². The first-order chi connectivity index (χ1) is 10.5. The van der Waals surface area contributed by atoms with E-state index in [0.29, 0.717) is 12.1 Å². The van der Waals surface area contributed by atoms with Crippen LogP contribution in [0.5, 0.6) is 0 Å². The van der Waals surface area contributed by atoms with Crippen LogP contribution in [-0.2, 0) is 9.53 Å². The van der Waals surface area contributed by atoms with Gasteiger partial charge in [-0.3, -0.25) is 4.79 Å². The van der Waals surface area contributed by atoms with Gasteiger partial charge in [-0.05, 0) is 18.2 Å². The van der Waals surface area contributed by atoms with Crippen molar-refractivity contribution in [2.45, 2.75) is 18.6 Å². The number of nitrogens with one attached hydrogen (secondary N) is 1. The predicted octanol–water partition coefficient (Wildman–Crippen LogP) is 2.24. The fourth-order valence-electron chi connectivity index (χ4n) is 2.80. The zero-order valence-corrected chi connectivity index (χ0v) is 13.5. The van der Waals surface area contributed by atoms with Crippen LogP contribution in [0.15, 0.2) is 28.7 Å². The molecule has 0 bridgehead atoms. The average Bonchev–Trinajstić information content (AvgIpc) is 3.09. The Labute approximate surface area is 135 Å². The van der Waals surface area contributed by atoms with Crippen LogP contribution in [0, 0.1) is 0 Å². The molecule has 0 radical (unpaired) electrons. The number of halogens is 1. The van der Waals surface area contributed by atoms with Crippen molar-refractivity contribution in [3.63, 3.8) is 0 Å². The third-order valence-corrected chi connectivity index (χ3v) is 4.45. The Balaban J connectivity index is 1.92. The zero-order valence-electron chi connectivity index (χ0n) is 11.9. The molecule has 1 aromatic heterocycles. The minimum atomic E-state index is -1.01. The minimum absolute atomic E-state index is 0.247. The summed E-state index contributed by atoms with van der Waals surface area (Å²) in [6, 6.07) is 6.55. The van der Waals surface area contributed by atoms with Gasteiger partial charge in [0.15, 0.2) is 0 Å². The molecular weight excluding hydrogens is 352 g/mol. The van der Waals surface area contributed by atoms with Crippen LogP contribution in [0.25, 0.3) is 10.9 Å². The minimum Gasteiger partial charge on any atom is -0.480 e. The first-order valence-electron chi connectivity index (χ1n) is 6.84. The molecule has 2 aromatic rings. The van der Waals surface area contributed by atoms with Crippen LogP contribution < -0.4 is 0 Å². The van der Waals surface area contributed by atoms with E-state index in [1.165, 1.54) is 12.0 Å². The molecule has 2 heterocycles. The number of carbonyl (C=O) groups excluding carboxylic acids is 1. The topological polar surface area (TPSA) is 82.6 Å². The van der Waals surface area contributed by atoms with E-state index in [1.807, 2.05) is 18.2 Å². The number of ether oxygens (including phenoxy) is 1. The first-order valence-corrected chi connectivity index (χ1v) is 7.63. The second-order valence-electron chi connectivity index (χ2n) is 5.32. The number of aromatic amines is 1. The van der Waals surface area contributed by atoms with Crippen LogP contribution in [0.2, 0.25) is 0 Å². The Morgan fingerprint density at radius 1 is 1.41 bits per heavy atom. The van der Waals surface area contributed by atoms with Gasteiger partial charge >= 0.3 is 5.97 Å². The zero-order chi connectivity index (χ0) is 15.9. The van der Waals surface area contributed by atoms with Crippen LogP contribution in [-0.4, -0.2) is 52.7 Å². The van der Waals surface area contributed by atoms with Gasteiger partial charge in [0.2, 0.25) is 0 Å². The van der Waals surface area contributed by atoms with Crippen molar-refractivity contribution in [1.82, 2.24) is 9.88 Å². The van der Waals surface area contributed by atoms with Crippen LogP contribution in [0.3, 0.4) is 0 Å². The third-order valence-electron chi connectivity index (χ3n) is 3.96. The molecule has 0 spiro atoms. The van der Waals surface area contributed by atoms with Crippen molar-refractivity contribution in [2.75, 3.05) is 13.7 Å². The Kier molecular flexibility index (Phi) is 3.92. The quantitative estimate of drug-likeness (QED) is 0.872. The molecule has 0 aliphatic carbocycles. The molecule has 22 heavy (non-hydrogen) atoms. The molecule has 7 heteroatoms. The lowest BCUT2D eigenvalue weighted by Crippen LogP contribution is -2.40. The Hall–Kier alpha value is -1.86. The summed E-state index contributed by atoms with van der Waals surface area (Å²) in [5.41, 5.74) is 1.21. The predicted molar refractivity (Wildman–Crippen MR) is 83.9 cm³/mol. The Morgan fingerprint density at radius 3 is 2.86 bits per heavy atom. The number of methoxy groups -OCH3 is 1. The van der Waals surface area contributed by atoms with Gasteiger partial charge in [0.25, 0.3) is 5.91 Å². The summed E-state index contributed by atoms with van der Waals surface area (Å²) in [7, 11) is 1.53. The summed E-state index contributed by atoms with van der Waals surface area (Å²) in [4.78, 5) is 28.4. The molecule has 1 aromatic carbocycles. The van der Waals surface area contributed by atoms with Crippen molar-refractivity contribution < 1.29 is 19.4 Å². The second kappa shape index (κ2) is 5.73. The summed E-state index contributed by atoms with van der Waals surface area (Å²) < 4.78 is 6.12. The highest BCUT2D eigenvalue weighted by atomic mass is 79.9. The SMILES string of the molecule is COC1CC(C(=O)O)N(C(=O)c2cc3ccc(Br)cc3[nH]2)C1. The van der Waals surface area contributed by atoms with Crippen LogP contribution >= 0.6 is 15.9 Å². The molecule has 2 N–H and O–H groups in total. The van der Waals surface area contributed by atoms with Gasteiger partial charge in [-0.15, -0.1) is 0 Å². The number of hydrogen-bond acceptors (Lipinski definition) is 3. The lowest BCUT2D eigenvalue weighted by atomic mass is 10.2. The van der Waals surface area contributed by atoms with E-state index in [-0.39, 0.29) is 18.6 Å². The molecule has 2 unspecified atom stereocenters. The van der Waals surface area contributed by atoms with E-state index in [4.69, 9.17) is 4.74 Å². The van der Waals surface area contributed by atoms with Crippen LogP contribution in [0.1, 0.15) is 16.9 Å². The summed E-state index contributed by atoms with van der Waals surface area (Å²) in [5.74, 6) is -1.33. The maximum atomic E-state index is 12.6. The summed E-state index contributed by atoms with van der Waals surface area (Å²) in [6.07, 6.45) is 0.0622. The maximum absolute atomic E-state index is 12.6. The number of fused-ring (bicyclic) bond motifs is 1. The Morgan fingerprint density at radius 2 is 2.18 bits per heavy atom. The van der Waals surface area contributed by atoms with E-state index < -0.39 is 12.0 Å². The van der Waals surface area contributed by atoms with Gasteiger partial charge in [-0.1, -0.05) is 22.0 Å². The molecule has 1 aliphatic rings. The van der Waals surface area contributed by atoms with E-state index in [1.54, 1.807) is 6.07 Å². The smallest absolute Gasteiger partial charge is 0.326 e. The molecule has 3 rings (SSSR count). The number of likely N-dealkylation sites (tertiary alicyclic amines) is 1. The number of amides is 1. The fourth-order valence-corrected chi connectivity index (χ4v) is 3.16. The van der Waals surface area contributed by atoms with Gasteiger partial charge in [0, 0.05) is 35.5 Å². The lowest BCUT2D eigenvalue weighted by molar-refractivity contribution is -0.141. The molecule has 116 valence electrons. The number of benzene rings is 1. The number of aromatic nitrogens is 1. The molecule has 2 atom stereocenters. The van der Waals surface area contributed by atoms with Gasteiger partial charge < -0.3 is 19.7 Å². The number of rotatable bonds is 3.